The fourth-order valence-corrected chi connectivity index (χ4v) is 1.30. The summed E-state index contributed by atoms with van der Waals surface area (Å²) < 4.78 is 1.61. The molecule has 0 atom stereocenters. The lowest BCUT2D eigenvalue weighted by molar-refractivity contribution is 0.804. The number of aromatic nitrogens is 4. The number of rotatable bonds is 1. The van der Waals surface area contributed by atoms with E-state index >= 15 is 0 Å². The van der Waals surface area contributed by atoms with E-state index in [1.807, 2.05) is 32.9 Å². The van der Waals surface area contributed by atoms with Crippen LogP contribution in [0.5, 0.6) is 0 Å². The molecule has 2 heterocycles. The van der Waals surface area contributed by atoms with Gasteiger partial charge in [0, 0.05) is 5.56 Å². The summed E-state index contributed by atoms with van der Waals surface area (Å²) in [5, 5.41) is 12.3. The number of nitrogen functional groups attached to an aromatic ring is 1. The minimum Gasteiger partial charge on any atom is -0.383 e. The minimum atomic E-state index is 0.616. The van der Waals surface area contributed by atoms with Gasteiger partial charge in [-0.15, -0.1) is 5.10 Å². The minimum absolute atomic E-state index is 0.616. The fraction of sp³-hybridized carbons (Fsp3) is 0.300. The molecule has 0 aliphatic carbocycles. The van der Waals surface area contributed by atoms with Gasteiger partial charge in [0.15, 0.2) is 5.82 Å². The van der Waals surface area contributed by atoms with Crippen LogP contribution in [0, 0.1) is 20.8 Å². The Bertz CT molecular complexity index is 483. The van der Waals surface area contributed by atoms with Crippen LogP contribution in [0.1, 0.15) is 17.0 Å². The molecule has 0 spiro atoms. The lowest BCUT2D eigenvalue weighted by atomic mass is 10.3. The highest BCUT2D eigenvalue weighted by Crippen LogP contribution is 2.17. The van der Waals surface area contributed by atoms with Gasteiger partial charge >= 0.3 is 0 Å². The van der Waals surface area contributed by atoms with Crippen molar-refractivity contribution >= 4 is 5.82 Å². The van der Waals surface area contributed by atoms with Gasteiger partial charge in [0.05, 0.1) is 11.4 Å². The topological polar surface area (TPSA) is 69.6 Å². The second kappa shape index (κ2) is 3.34. The molecule has 2 aromatic rings. The van der Waals surface area contributed by atoms with Crippen LogP contribution < -0.4 is 5.73 Å². The van der Waals surface area contributed by atoms with E-state index in [-0.39, 0.29) is 0 Å². The molecule has 0 aliphatic rings. The van der Waals surface area contributed by atoms with Gasteiger partial charge in [-0.3, -0.25) is 0 Å². The van der Waals surface area contributed by atoms with E-state index < -0.39 is 0 Å². The summed E-state index contributed by atoms with van der Waals surface area (Å²) in [6.45, 7) is 5.75. The third-order valence-corrected chi connectivity index (χ3v) is 2.41. The number of nitrogens with two attached hydrogens (primary N) is 1. The molecule has 0 radical (unpaired) electrons. The van der Waals surface area contributed by atoms with Crippen LogP contribution >= 0.6 is 0 Å². The molecule has 15 heavy (non-hydrogen) atoms. The highest BCUT2D eigenvalue weighted by molar-refractivity contribution is 5.46. The van der Waals surface area contributed by atoms with Crippen molar-refractivity contribution in [2.45, 2.75) is 20.8 Å². The first-order valence-electron chi connectivity index (χ1n) is 4.72. The zero-order chi connectivity index (χ0) is 11.0. The Hall–Kier alpha value is -1.91. The van der Waals surface area contributed by atoms with E-state index in [0.29, 0.717) is 11.6 Å². The maximum atomic E-state index is 5.91. The summed E-state index contributed by atoms with van der Waals surface area (Å²) in [6, 6.07) is 3.73. The van der Waals surface area contributed by atoms with Gasteiger partial charge < -0.3 is 5.73 Å². The van der Waals surface area contributed by atoms with Crippen LogP contribution in [0.25, 0.3) is 5.82 Å². The quantitative estimate of drug-likeness (QED) is 0.755. The van der Waals surface area contributed by atoms with Gasteiger partial charge in [0.2, 0.25) is 0 Å². The Balaban J connectivity index is 2.54. The molecule has 78 valence electrons. The van der Waals surface area contributed by atoms with Crippen molar-refractivity contribution in [2.75, 3.05) is 5.73 Å². The molecule has 5 nitrogen and oxygen atoms in total. The fourth-order valence-electron chi connectivity index (χ4n) is 1.30. The third-order valence-electron chi connectivity index (χ3n) is 2.41. The van der Waals surface area contributed by atoms with E-state index in [0.717, 1.165) is 17.0 Å². The van der Waals surface area contributed by atoms with Crippen molar-refractivity contribution in [1.82, 2.24) is 20.0 Å². The Labute approximate surface area is 87.9 Å². The first-order valence-corrected chi connectivity index (χ1v) is 4.72. The summed E-state index contributed by atoms with van der Waals surface area (Å²) in [4.78, 5) is 0. The lowest BCUT2D eigenvalue weighted by Gasteiger charge is -2.01. The van der Waals surface area contributed by atoms with Crippen LogP contribution in [-0.2, 0) is 0 Å². The Morgan fingerprint density at radius 3 is 2.33 bits per heavy atom. The molecule has 0 bridgehead atoms. The Kier molecular flexibility index (Phi) is 2.15. The van der Waals surface area contributed by atoms with Crippen molar-refractivity contribution in [3.8, 4) is 5.82 Å². The lowest BCUT2D eigenvalue weighted by Crippen LogP contribution is -2.05. The van der Waals surface area contributed by atoms with E-state index in [4.69, 9.17) is 5.73 Å². The van der Waals surface area contributed by atoms with Crippen molar-refractivity contribution in [3.05, 3.63) is 29.1 Å². The molecule has 0 saturated heterocycles. The summed E-state index contributed by atoms with van der Waals surface area (Å²) in [7, 11) is 0. The predicted octanol–water partition coefficient (Wildman–Crippen LogP) is 1.17. The highest BCUT2D eigenvalue weighted by atomic mass is 15.4. The first kappa shape index (κ1) is 9.64. The molecule has 0 saturated carbocycles. The summed E-state index contributed by atoms with van der Waals surface area (Å²) in [6.07, 6.45) is 0. The number of aryl methyl sites for hydroxylation is 2. The van der Waals surface area contributed by atoms with Crippen LogP contribution in [0.15, 0.2) is 12.1 Å². The molecular formula is C10H13N5. The molecule has 0 aromatic carbocycles. The molecule has 0 aliphatic heterocycles. The number of anilines is 1. The average molecular weight is 203 g/mol. The van der Waals surface area contributed by atoms with Crippen molar-refractivity contribution < 1.29 is 0 Å². The van der Waals surface area contributed by atoms with Crippen molar-refractivity contribution in [3.63, 3.8) is 0 Å². The summed E-state index contributed by atoms with van der Waals surface area (Å²) >= 11 is 0. The number of nitrogens with zero attached hydrogens (tertiary/aromatic N) is 4. The molecule has 5 heteroatoms. The smallest absolute Gasteiger partial charge is 0.178 e. The molecule has 2 rings (SSSR count). The van der Waals surface area contributed by atoms with E-state index in [1.165, 1.54) is 0 Å². The Morgan fingerprint density at radius 2 is 1.87 bits per heavy atom. The standard InChI is InChI=1S/C10H13N5/c1-6-4-5-9(13-12-6)15-10(11)7(2)8(3)14-15/h4-5H,11H2,1-3H3. The summed E-state index contributed by atoms with van der Waals surface area (Å²) in [5.41, 5.74) is 8.67. The second-order valence-corrected chi connectivity index (χ2v) is 3.54. The van der Waals surface area contributed by atoms with Gasteiger partial charge in [0.1, 0.15) is 5.82 Å². The van der Waals surface area contributed by atoms with Crippen molar-refractivity contribution in [2.24, 2.45) is 0 Å². The zero-order valence-corrected chi connectivity index (χ0v) is 9.02. The van der Waals surface area contributed by atoms with Crippen LogP contribution in [-0.4, -0.2) is 20.0 Å². The molecule has 0 unspecified atom stereocenters. The number of hydrogen-bond donors (Lipinski definition) is 1. The molecule has 2 N–H and O–H groups in total. The van der Waals surface area contributed by atoms with Gasteiger partial charge in [-0.1, -0.05) is 0 Å². The predicted molar refractivity (Wildman–Crippen MR) is 57.8 cm³/mol. The first-order chi connectivity index (χ1) is 7.09. The van der Waals surface area contributed by atoms with Crippen LogP contribution in [0.3, 0.4) is 0 Å². The SMILES string of the molecule is Cc1ccc(-n2nc(C)c(C)c2N)nn1. The van der Waals surface area contributed by atoms with Gasteiger partial charge in [-0.25, -0.2) is 0 Å². The normalized spacial score (nSPS) is 10.6. The average Bonchev–Trinajstić information content (AvgIpc) is 2.47. The Morgan fingerprint density at radius 1 is 1.13 bits per heavy atom. The van der Waals surface area contributed by atoms with Gasteiger partial charge in [0.25, 0.3) is 0 Å². The van der Waals surface area contributed by atoms with Crippen LogP contribution in [0.2, 0.25) is 0 Å². The van der Waals surface area contributed by atoms with E-state index in [9.17, 15) is 0 Å². The molecule has 0 amide bonds. The molecular weight excluding hydrogens is 190 g/mol. The maximum absolute atomic E-state index is 5.91. The maximum Gasteiger partial charge on any atom is 0.178 e. The monoisotopic (exact) mass is 203 g/mol. The molecule has 2 aromatic heterocycles. The molecule has 0 fully saturated rings. The second-order valence-electron chi connectivity index (χ2n) is 3.54. The van der Waals surface area contributed by atoms with Crippen LogP contribution in [0.4, 0.5) is 5.82 Å². The zero-order valence-electron chi connectivity index (χ0n) is 9.02. The third kappa shape index (κ3) is 1.56. The number of hydrogen-bond acceptors (Lipinski definition) is 4. The van der Waals surface area contributed by atoms with Gasteiger partial charge in [-0.2, -0.15) is 14.9 Å². The largest absolute Gasteiger partial charge is 0.383 e. The van der Waals surface area contributed by atoms with Gasteiger partial charge in [-0.05, 0) is 32.9 Å². The summed E-state index contributed by atoms with van der Waals surface area (Å²) in [5.74, 6) is 1.26. The van der Waals surface area contributed by atoms with E-state index in [1.54, 1.807) is 4.68 Å². The highest BCUT2D eigenvalue weighted by Gasteiger charge is 2.10. The van der Waals surface area contributed by atoms with E-state index in [2.05, 4.69) is 15.3 Å². The van der Waals surface area contributed by atoms with Crippen molar-refractivity contribution in [1.29, 1.82) is 0 Å².